The molecule has 0 aliphatic carbocycles. The zero-order chi connectivity index (χ0) is 19.8. The van der Waals surface area contributed by atoms with Gasteiger partial charge in [-0.1, -0.05) is 77.8 Å². The van der Waals surface area contributed by atoms with Crippen molar-refractivity contribution in [2.45, 2.75) is 47.1 Å². The Morgan fingerprint density at radius 1 is 1.16 bits per heavy atom. The fourth-order valence-electron chi connectivity index (χ4n) is 2.02. The Hall–Kier alpha value is -2.62. The molecule has 1 aliphatic rings. The number of nitrogens with zero attached hydrogens (tertiary/aromatic N) is 2. The van der Waals surface area contributed by atoms with Crippen molar-refractivity contribution in [3.05, 3.63) is 73.5 Å². The smallest absolute Gasteiger partial charge is 0.328 e. The summed E-state index contributed by atoms with van der Waals surface area (Å²) in [6.45, 7) is 20.9. The van der Waals surface area contributed by atoms with Gasteiger partial charge in [-0.15, -0.1) is 0 Å². The van der Waals surface area contributed by atoms with Crippen LogP contribution < -0.4 is 0 Å². The molecular weight excluding hydrogens is 312 g/mol. The third-order valence-corrected chi connectivity index (χ3v) is 2.94. The number of hydrazone groups is 1. The summed E-state index contributed by atoms with van der Waals surface area (Å²) in [7, 11) is 0. The fourth-order valence-corrected chi connectivity index (χ4v) is 2.02. The van der Waals surface area contributed by atoms with Crippen LogP contribution in [-0.4, -0.2) is 27.8 Å². The van der Waals surface area contributed by atoms with Crippen LogP contribution in [0.15, 0.2) is 78.6 Å². The minimum absolute atomic E-state index is 0.313. The number of hydrogen-bond donors (Lipinski definition) is 1. The quantitative estimate of drug-likeness (QED) is 0.621. The second-order valence-corrected chi connectivity index (χ2v) is 4.34. The van der Waals surface area contributed by atoms with Crippen molar-refractivity contribution in [3.63, 3.8) is 0 Å². The molecule has 1 rings (SSSR count). The molecule has 0 radical (unpaired) electrons. The lowest BCUT2D eigenvalue weighted by atomic mass is 10.0. The van der Waals surface area contributed by atoms with E-state index in [1.54, 1.807) is 36.5 Å². The minimum atomic E-state index is -0.921. The lowest BCUT2D eigenvalue weighted by molar-refractivity contribution is -0.141. The van der Waals surface area contributed by atoms with E-state index in [9.17, 15) is 9.90 Å². The summed E-state index contributed by atoms with van der Waals surface area (Å²) in [5, 5.41) is 15.3. The molecule has 4 heteroatoms. The second kappa shape index (κ2) is 14.9. The molecule has 0 aromatic carbocycles. The van der Waals surface area contributed by atoms with Gasteiger partial charge >= 0.3 is 5.97 Å². The summed E-state index contributed by atoms with van der Waals surface area (Å²) >= 11 is 0. The van der Waals surface area contributed by atoms with Gasteiger partial charge in [0.15, 0.2) is 6.04 Å². The lowest BCUT2D eigenvalue weighted by Gasteiger charge is -2.20. The van der Waals surface area contributed by atoms with Gasteiger partial charge in [0.1, 0.15) is 0 Å². The van der Waals surface area contributed by atoms with E-state index >= 15 is 0 Å². The number of rotatable bonds is 7. The highest BCUT2D eigenvalue weighted by molar-refractivity contribution is 6.06. The van der Waals surface area contributed by atoms with Crippen LogP contribution in [0.3, 0.4) is 0 Å². The minimum Gasteiger partial charge on any atom is -0.480 e. The van der Waals surface area contributed by atoms with Crippen LogP contribution in [0.25, 0.3) is 0 Å². The molecule has 1 atom stereocenters. The molecule has 1 aliphatic heterocycles. The van der Waals surface area contributed by atoms with Gasteiger partial charge in [-0.05, 0) is 24.6 Å². The third-order valence-electron chi connectivity index (χ3n) is 2.94. The highest BCUT2D eigenvalue weighted by Gasteiger charge is 2.34. The molecule has 0 saturated heterocycles. The van der Waals surface area contributed by atoms with Crippen LogP contribution in [0.1, 0.15) is 41.0 Å². The van der Waals surface area contributed by atoms with Gasteiger partial charge in [-0.2, -0.15) is 5.10 Å². The normalized spacial score (nSPS) is 16.9. The Morgan fingerprint density at radius 2 is 1.72 bits per heavy atom. The van der Waals surface area contributed by atoms with E-state index in [1.165, 1.54) is 5.01 Å². The molecule has 1 N–H and O–H groups in total. The van der Waals surface area contributed by atoms with Crippen LogP contribution >= 0.6 is 0 Å². The highest BCUT2D eigenvalue weighted by Crippen LogP contribution is 2.25. The summed E-state index contributed by atoms with van der Waals surface area (Å²) in [6, 6.07) is -0.740. The zero-order valence-electron chi connectivity index (χ0n) is 16.2. The van der Waals surface area contributed by atoms with Gasteiger partial charge in [-0.25, -0.2) is 4.79 Å². The summed E-state index contributed by atoms with van der Waals surface area (Å²) in [5.41, 5.74) is 2.13. The lowest BCUT2D eigenvalue weighted by Crippen LogP contribution is -2.33. The fraction of sp³-hybridized carbons (Fsp3) is 0.333. The summed E-state index contributed by atoms with van der Waals surface area (Å²) < 4.78 is 0. The molecule has 0 saturated carbocycles. The first-order valence-corrected chi connectivity index (χ1v) is 8.59. The monoisotopic (exact) mass is 344 g/mol. The Labute approximate surface area is 152 Å². The van der Waals surface area contributed by atoms with E-state index in [1.807, 2.05) is 40.7 Å². The Kier molecular flexibility index (Phi) is 14.7. The van der Waals surface area contributed by atoms with Crippen molar-refractivity contribution in [1.82, 2.24) is 5.01 Å². The summed E-state index contributed by atoms with van der Waals surface area (Å²) in [4.78, 5) is 11.5. The predicted octanol–water partition coefficient (Wildman–Crippen LogP) is 5.50. The van der Waals surface area contributed by atoms with Crippen LogP contribution in [0, 0.1) is 0 Å². The van der Waals surface area contributed by atoms with Crippen LogP contribution in [0.4, 0.5) is 0 Å². The highest BCUT2D eigenvalue weighted by atomic mass is 16.4. The summed E-state index contributed by atoms with van der Waals surface area (Å²) in [6.07, 6.45) is 12.3. The summed E-state index contributed by atoms with van der Waals surface area (Å²) in [5.74, 6) is -0.921. The van der Waals surface area contributed by atoms with Gasteiger partial charge in [0.25, 0.3) is 0 Å². The topological polar surface area (TPSA) is 52.9 Å². The van der Waals surface area contributed by atoms with Crippen molar-refractivity contribution in [1.29, 1.82) is 0 Å². The maximum absolute atomic E-state index is 11.5. The molecule has 4 nitrogen and oxygen atoms in total. The second-order valence-electron chi connectivity index (χ2n) is 4.34. The van der Waals surface area contributed by atoms with Crippen molar-refractivity contribution in [2.24, 2.45) is 5.10 Å². The van der Waals surface area contributed by atoms with E-state index < -0.39 is 12.0 Å². The van der Waals surface area contributed by atoms with Gasteiger partial charge in [0, 0.05) is 6.42 Å². The average Bonchev–Trinajstić information content (AvgIpc) is 3.08. The largest absolute Gasteiger partial charge is 0.480 e. The number of allylic oxidation sites excluding steroid dienone is 8. The van der Waals surface area contributed by atoms with Gasteiger partial charge in [0.05, 0.1) is 11.4 Å². The standard InChI is InChI=1S/C17H20N2O2.2C2H6/c1-5-9-13(8-4)15-12-16(17(20)21)19(18-15)14(10-6-2)11-7-3;2*1-2/h5-11,16H,1-2,4,12H2,3H3,(H,20,21);2*1-2H3/b11-7-,13-9+,14-10+;;/t16-;;/m1../s1. The Balaban J connectivity index is 0. The number of carboxylic acid groups (broad SMARTS) is 1. The van der Waals surface area contributed by atoms with E-state index in [0.717, 1.165) is 5.57 Å². The van der Waals surface area contributed by atoms with Crippen molar-refractivity contribution in [2.75, 3.05) is 0 Å². The number of carbonyl (C=O) groups is 1. The number of hydrogen-bond acceptors (Lipinski definition) is 3. The molecule has 0 aromatic rings. The SMILES string of the molecule is C=C/C=C(\C=C)C1=NN(C(/C=C\C)=C/C=C)[C@@H](C(=O)O)C1.CC.CC. The van der Waals surface area contributed by atoms with Gasteiger partial charge < -0.3 is 5.11 Å². The predicted molar refractivity (Wildman–Crippen MR) is 110 cm³/mol. The Bertz CT molecular complexity index is 566. The first-order valence-electron chi connectivity index (χ1n) is 8.59. The van der Waals surface area contributed by atoms with Crippen LogP contribution in [-0.2, 0) is 4.79 Å². The molecule has 0 aromatic heterocycles. The van der Waals surface area contributed by atoms with Crippen LogP contribution in [0.5, 0.6) is 0 Å². The Morgan fingerprint density at radius 3 is 2.12 bits per heavy atom. The van der Waals surface area contributed by atoms with Crippen molar-refractivity contribution < 1.29 is 9.90 Å². The van der Waals surface area contributed by atoms with E-state index in [4.69, 9.17) is 0 Å². The average molecular weight is 344 g/mol. The first kappa shape index (κ1) is 24.6. The third kappa shape index (κ3) is 7.66. The first-order chi connectivity index (χ1) is 12.1. The molecule has 0 unspecified atom stereocenters. The molecule has 25 heavy (non-hydrogen) atoms. The molecule has 0 spiro atoms. The zero-order valence-corrected chi connectivity index (χ0v) is 16.2. The molecular formula is C21H32N2O2. The molecule has 138 valence electrons. The molecule has 0 fully saturated rings. The molecule has 0 bridgehead atoms. The van der Waals surface area contributed by atoms with Crippen molar-refractivity contribution in [3.8, 4) is 0 Å². The van der Waals surface area contributed by atoms with Crippen LogP contribution in [0.2, 0.25) is 0 Å². The molecule has 1 heterocycles. The number of aliphatic carboxylic acids is 1. The maximum atomic E-state index is 11.5. The van der Waals surface area contributed by atoms with E-state index in [2.05, 4.69) is 24.8 Å². The van der Waals surface area contributed by atoms with Gasteiger partial charge in [-0.3, -0.25) is 5.01 Å². The van der Waals surface area contributed by atoms with Gasteiger partial charge in [0.2, 0.25) is 0 Å². The van der Waals surface area contributed by atoms with E-state index in [-0.39, 0.29) is 0 Å². The maximum Gasteiger partial charge on any atom is 0.328 e. The number of carboxylic acids is 1. The molecule has 0 amide bonds. The van der Waals surface area contributed by atoms with E-state index in [0.29, 0.717) is 17.8 Å². The van der Waals surface area contributed by atoms with Crippen molar-refractivity contribution >= 4 is 11.7 Å².